The molecule has 8 nitrogen and oxygen atoms in total. The molecule has 0 aromatic rings. The highest BCUT2D eigenvalue weighted by atomic mass is 16.6. The fourth-order valence-electron chi connectivity index (χ4n) is 7.12. The van der Waals surface area contributed by atoms with E-state index in [-0.39, 0.29) is 30.9 Å². The van der Waals surface area contributed by atoms with Gasteiger partial charge in [0.25, 0.3) is 0 Å². The third kappa shape index (κ3) is 2.43. The number of aliphatic hydroxyl groups is 1. The van der Waals surface area contributed by atoms with E-state index in [0.29, 0.717) is 12.8 Å². The molecule has 4 rings (SSSR count). The summed E-state index contributed by atoms with van der Waals surface area (Å²) in [6, 6.07) is 0. The maximum absolute atomic E-state index is 13.3. The number of hydrogen-bond acceptors (Lipinski definition) is 7. The van der Waals surface area contributed by atoms with Crippen molar-refractivity contribution >= 4 is 23.7 Å². The van der Waals surface area contributed by atoms with Crippen LogP contribution in [0.15, 0.2) is 12.2 Å². The lowest BCUT2D eigenvalue weighted by Crippen LogP contribution is -2.72. The number of carboxylic acid groups (broad SMARTS) is 1. The lowest BCUT2D eigenvalue weighted by Gasteiger charge is -2.63. The molecular formula is C22H28O8. The van der Waals surface area contributed by atoms with Gasteiger partial charge in [0, 0.05) is 12.8 Å². The number of Topliss-reactive ketones (excluding diaryl/α,β-unsaturated/α-hetero) is 1. The molecule has 164 valence electrons. The van der Waals surface area contributed by atoms with Crippen molar-refractivity contribution in [2.24, 2.45) is 34.0 Å². The van der Waals surface area contributed by atoms with Crippen LogP contribution < -0.4 is 0 Å². The molecule has 2 N–H and O–H groups in total. The molecule has 1 heterocycles. The Morgan fingerprint density at radius 1 is 1.30 bits per heavy atom. The summed E-state index contributed by atoms with van der Waals surface area (Å²) in [5.41, 5.74) is -3.56. The van der Waals surface area contributed by atoms with E-state index in [1.807, 2.05) is 13.8 Å². The number of carboxylic acids is 1. The van der Waals surface area contributed by atoms with Gasteiger partial charge in [0.2, 0.25) is 0 Å². The largest absolute Gasteiger partial charge is 0.481 e. The second-order valence-electron chi connectivity index (χ2n) is 10.1. The van der Waals surface area contributed by atoms with E-state index in [1.165, 1.54) is 6.92 Å². The minimum Gasteiger partial charge on any atom is -0.481 e. The van der Waals surface area contributed by atoms with Crippen LogP contribution in [0.2, 0.25) is 0 Å². The van der Waals surface area contributed by atoms with Crippen LogP contribution in [0.1, 0.15) is 46.5 Å². The molecule has 3 saturated carbocycles. The highest BCUT2D eigenvalue weighted by molar-refractivity contribution is 6.15. The van der Waals surface area contributed by atoms with Crippen molar-refractivity contribution in [2.75, 3.05) is 6.61 Å². The molecule has 0 unspecified atom stereocenters. The number of carbonyl (C=O) groups excluding carboxylic acids is 3. The van der Waals surface area contributed by atoms with Gasteiger partial charge >= 0.3 is 17.9 Å². The number of hydrogen-bond donors (Lipinski definition) is 2. The van der Waals surface area contributed by atoms with Crippen LogP contribution in [-0.4, -0.2) is 52.7 Å². The Morgan fingerprint density at radius 2 is 1.97 bits per heavy atom. The summed E-state index contributed by atoms with van der Waals surface area (Å²) in [6.07, 6.45) is -0.793. The predicted octanol–water partition coefficient (Wildman–Crippen LogP) is 1.49. The number of fused-ring (bicyclic) bond motifs is 3. The number of allylic oxidation sites excluding steroid dienone is 1. The van der Waals surface area contributed by atoms with Gasteiger partial charge in [0.15, 0.2) is 5.78 Å². The minimum atomic E-state index is -1.68. The van der Waals surface area contributed by atoms with Crippen LogP contribution in [0.25, 0.3) is 0 Å². The fourth-order valence-corrected chi connectivity index (χ4v) is 7.12. The van der Waals surface area contributed by atoms with Gasteiger partial charge in [-0.05, 0) is 42.6 Å². The van der Waals surface area contributed by atoms with Crippen LogP contribution in [0.4, 0.5) is 0 Å². The molecule has 0 aromatic carbocycles. The summed E-state index contributed by atoms with van der Waals surface area (Å²) in [4.78, 5) is 50.9. The molecule has 0 aromatic heterocycles. The van der Waals surface area contributed by atoms with Crippen LogP contribution in [0.3, 0.4) is 0 Å². The summed E-state index contributed by atoms with van der Waals surface area (Å²) < 4.78 is 11.2. The molecule has 2 bridgehead atoms. The lowest BCUT2D eigenvalue weighted by molar-refractivity contribution is -0.267. The van der Waals surface area contributed by atoms with E-state index in [9.17, 15) is 29.4 Å². The third-order valence-electron chi connectivity index (χ3n) is 8.13. The molecule has 0 radical (unpaired) electrons. The number of esters is 2. The summed E-state index contributed by atoms with van der Waals surface area (Å²) in [6.45, 7) is 8.35. The van der Waals surface area contributed by atoms with Crippen molar-refractivity contribution in [3.05, 3.63) is 12.2 Å². The highest BCUT2D eigenvalue weighted by Crippen LogP contribution is 2.69. The van der Waals surface area contributed by atoms with E-state index >= 15 is 0 Å². The van der Waals surface area contributed by atoms with E-state index in [1.54, 1.807) is 0 Å². The maximum atomic E-state index is 13.3. The van der Waals surface area contributed by atoms with Crippen LogP contribution in [0.5, 0.6) is 0 Å². The minimum absolute atomic E-state index is 0.145. The van der Waals surface area contributed by atoms with Gasteiger partial charge in [0.05, 0.1) is 17.4 Å². The molecule has 3 aliphatic carbocycles. The van der Waals surface area contributed by atoms with E-state index in [0.717, 1.165) is 0 Å². The number of aliphatic hydroxyl groups excluding tert-OH is 1. The van der Waals surface area contributed by atoms with E-state index in [2.05, 4.69) is 6.58 Å². The van der Waals surface area contributed by atoms with Gasteiger partial charge in [-0.3, -0.25) is 19.2 Å². The first-order valence-electron chi connectivity index (χ1n) is 10.4. The molecule has 4 aliphatic rings. The Hall–Kier alpha value is -2.22. The quantitative estimate of drug-likeness (QED) is 0.399. The highest BCUT2D eigenvalue weighted by Gasteiger charge is 2.78. The van der Waals surface area contributed by atoms with Crippen molar-refractivity contribution in [3.8, 4) is 0 Å². The SMILES string of the molecule is C=C1C(=O)[C@]23C[C@H]1C[C@H](O)[C@H]2[C@]1(COC(C)=O)[C@H](CCC(C)(C)[C@H]1C(=O)O)OC3=O. The zero-order chi connectivity index (χ0) is 22.2. The van der Waals surface area contributed by atoms with E-state index in [4.69, 9.17) is 9.47 Å². The Kier molecular flexibility index (Phi) is 4.48. The zero-order valence-electron chi connectivity index (χ0n) is 17.5. The molecule has 4 fully saturated rings. The summed E-state index contributed by atoms with van der Waals surface area (Å²) >= 11 is 0. The average Bonchev–Trinajstić information content (AvgIpc) is 2.83. The Balaban J connectivity index is 1.99. The smallest absolute Gasteiger partial charge is 0.320 e. The van der Waals surface area contributed by atoms with Gasteiger partial charge in [0.1, 0.15) is 18.1 Å². The Labute approximate surface area is 174 Å². The molecule has 1 aliphatic heterocycles. The first kappa shape index (κ1) is 21.0. The van der Waals surface area contributed by atoms with Crippen LogP contribution in [-0.2, 0) is 28.7 Å². The second kappa shape index (κ2) is 6.39. The lowest BCUT2D eigenvalue weighted by atomic mass is 9.43. The van der Waals surface area contributed by atoms with Crippen molar-refractivity contribution in [1.82, 2.24) is 0 Å². The van der Waals surface area contributed by atoms with Gasteiger partial charge in [-0.15, -0.1) is 0 Å². The average molecular weight is 420 g/mol. The predicted molar refractivity (Wildman–Crippen MR) is 102 cm³/mol. The number of aliphatic carboxylic acids is 1. The maximum Gasteiger partial charge on any atom is 0.320 e. The van der Waals surface area contributed by atoms with Crippen molar-refractivity contribution in [1.29, 1.82) is 0 Å². The van der Waals surface area contributed by atoms with Crippen molar-refractivity contribution in [3.63, 3.8) is 0 Å². The van der Waals surface area contributed by atoms with Crippen molar-refractivity contribution in [2.45, 2.75) is 58.7 Å². The van der Waals surface area contributed by atoms with Gasteiger partial charge in [-0.1, -0.05) is 20.4 Å². The number of ether oxygens (including phenoxy) is 2. The molecule has 30 heavy (non-hydrogen) atoms. The second-order valence-corrected chi connectivity index (χ2v) is 10.1. The third-order valence-corrected chi connectivity index (χ3v) is 8.13. The topological polar surface area (TPSA) is 127 Å². The number of ketones is 1. The molecule has 7 atom stereocenters. The number of rotatable bonds is 3. The Bertz CT molecular complexity index is 859. The molecule has 0 amide bonds. The Morgan fingerprint density at radius 3 is 2.57 bits per heavy atom. The van der Waals surface area contributed by atoms with Crippen LogP contribution >= 0.6 is 0 Å². The normalized spacial score (nSPS) is 44.0. The van der Waals surface area contributed by atoms with Gasteiger partial charge < -0.3 is 19.7 Å². The van der Waals surface area contributed by atoms with Gasteiger partial charge in [-0.2, -0.15) is 0 Å². The number of carbonyl (C=O) groups is 4. The summed E-state index contributed by atoms with van der Waals surface area (Å²) in [5.74, 6) is -5.39. The van der Waals surface area contributed by atoms with Crippen LogP contribution in [0, 0.1) is 34.0 Å². The van der Waals surface area contributed by atoms with E-state index < -0.39 is 64.0 Å². The van der Waals surface area contributed by atoms with Gasteiger partial charge in [-0.25, -0.2) is 0 Å². The zero-order valence-corrected chi connectivity index (χ0v) is 17.5. The molecular weight excluding hydrogens is 392 g/mol. The first-order chi connectivity index (χ1) is 13.9. The summed E-state index contributed by atoms with van der Waals surface area (Å²) in [7, 11) is 0. The molecule has 1 spiro atoms. The standard InChI is InChI=1S/C22H28O8/c1-10-12-7-13(24)15-21(8-12,17(10)25)19(28)30-14-5-6-20(3,4)16(18(26)27)22(14,15)9-29-11(2)23/h12-16,24H,1,5-9H2,2-4H3,(H,26,27)/t12-,13+,14+,15-,16-,21+,22+/m1/s1. The van der Waals surface area contributed by atoms with Crippen molar-refractivity contribution < 1.29 is 38.9 Å². The summed E-state index contributed by atoms with van der Waals surface area (Å²) in [5, 5.41) is 21.5. The monoisotopic (exact) mass is 420 g/mol. The first-order valence-corrected chi connectivity index (χ1v) is 10.4. The fraction of sp³-hybridized carbons (Fsp3) is 0.727. The molecule has 8 heteroatoms. The molecule has 1 saturated heterocycles.